The fourth-order valence-corrected chi connectivity index (χ4v) is 4.55. The molecule has 0 saturated carbocycles. The van der Waals surface area contributed by atoms with E-state index in [1.165, 1.54) is 24.3 Å². The zero-order valence-corrected chi connectivity index (χ0v) is 23.5. The first kappa shape index (κ1) is 34.7. The van der Waals surface area contributed by atoms with Crippen LogP contribution in [0.4, 0.5) is 36.4 Å². The summed E-state index contributed by atoms with van der Waals surface area (Å²) in [5.74, 6) is -6.94. The molecule has 3 rings (SSSR count). The number of ether oxygens (including phenoxy) is 2. The highest BCUT2D eigenvalue weighted by Gasteiger charge is 2.34. The van der Waals surface area contributed by atoms with Crippen molar-refractivity contribution in [1.82, 2.24) is 5.32 Å². The maximum absolute atomic E-state index is 14.7. The molecule has 0 aromatic heterocycles. The van der Waals surface area contributed by atoms with Gasteiger partial charge in [0, 0.05) is 18.2 Å². The van der Waals surface area contributed by atoms with Crippen molar-refractivity contribution in [2.45, 2.75) is 50.7 Å². The summed E-state index contributed by atoms with van der Waals surface area (Å²) in [5.41, 5.74) is 0.468. The molecule has 3 aromatic carbocycles. The first-order valence-electron chi connectivity index (χ1n) is 13.4. The molecule has 242 valence electrons. The third-order valence-corrected chi connectivity index (χ3v) is 6.41. The van der Waals surface area contributed by atoms with Gasteiger partial charge in [-0.3, -0.25) is 14.4 Å². The van der Waals surface area contributed by atoms with Gasteiger partial charge in [0.05, 0.1) is 18.0 Å². The van der Waals surface area contributed by atoms with Gasteiger partial charge in [-0.05, 0) is 59.9 Å². The van der Waals surface area contributed by atoms with E-state index in [9.17, 15) is 45.1 Å². The molecule has 0 aliphatic heterocycles. The molecule has 0 fully saturated rings. The summed E-state index contributed by atoms with van der Waals surface area (Å²) in [4.78, 5) is 36.8. The molecular weight excluding hydrogens is 617 g/mol. The molecule has 1 unspecified atom stereocenters. The van der Waals surface area contributed by atoms with E-state index in [0.717, 1.165) is 24.3 Å². The monoisotopic (exact) mass is 644 g/mol. The predicted octanol–water partition coefficient (Wildman–Crippen LogP) is 7.13. The van der Waals surface area contributed by atoms with Crippen molar-refractivity contribution in [2.75, 3.05) is 11.9 Å². The lowest BCUT2D eigenvalue weighted by atomic mass is 9.78. The molecule has 0 bridgehead atoms. The Kier molecular flexibility index (Phi) is 11.4. The molecule has 0 aliphatic rings. The summed E-state index contributed by atoms with van der Waals surface area (Å²) >= 11 is 0. The molecule has 2 atom stereocenters. The van der Waals surface area contributed by atoms with E-state index >= 15 is 0 Å². The summed E-state index contributed by atoms with van der Waals surface area (Å²) in [7, 11) is 0. The van der Waals surface area contributed by atoms with E-state index in [0.29, 0.717) is 24.5 Å². The number of benzene rings is 3. The predicted molar refractivity (Wildman–Crippen MR) is 146 cm³/mol. The minimum atomic E-state index is -5.08. The van der Waals surface area contributed by atoms with Crippen molar-refractivity contribution in [3.63, 3.8) is 0 Å². The molecule has 0 radical (unpaired) electrons. The first-order valence-corrected chi connectivity index (χ1v) is 13.4. The zero-order valence-electron chi connectivity index (χ0n) is 23.5. The van der Waals surface area contributed by atoms with E-state index in [1.807, 2.05) is 6.92 Å². The Morgan fingerprint density at radius 2 is 1.38 bits per heavy atom. The Labute approximate surface area is 252 Å². The molecule has 45 heavy (non-hydrogen) atoms. The summed E-state index contributed by atoms with van der Waals surface area (Å²) < 4.78 is 98.1. The number of carbonyl (C=O) groups is 3. The van der Waals surface area contributed by atoms with E-state index < -0.39 is 65.3 Å². The highest BCUT2D eigenvalue weighted by molar-refractivity contribution is 5.97. The van der Waals surface area contributed by atoms with Gasteiger partial charge in [0.1, 0.15) is 17.3 Å². The number of aliphatic carboxylic acids is 1. The van der Waals surface area contributed by atoms with Crippen molar-refractivity contribution in [1.29, 1.82) is 0 Å². The van der Waals surface area contributed by atoms with Crippen LogP contribution >= 0.6 is 0 Å². The summed E-state index contributed by atoms with van der Waals surface area (Å²) in [5, 5.41) is 13.6. The largest absolute Gasteiger partial charge is 0.573 e. The normalized spacial score (nSPS) is 13.0. The van der Waals surface area contributed by atoms with Crippen LogP contribution in [0, 0.1) is 5.82 Å². The summed E-state index contributed by atoms with van der Waals surface area (Å²) in [6, 6.07) is 12.6. The number of hydrogen-bond acceptors (Lipinski definition) is 5. The highest BCUT2D eigenvalue weighted by Crippen LogP contribution is 2.39. The standard InChI is InChI=1S/C30H27F7N2O6/c1-2-3-22(17-4-6-19(7-5-17)27(42)38-15-14-25(40)41)26(18-8-10-20(11-9-18)44-29(32,33)34)28(43)39-24-13-12-21(16-23(24)31)45-30(35,36)37/h4-13,16,22,26H,2-3,14-15H2,1H3,(H,38,42)(H,39,43)(H,40,41)/t22?,26-/m1/s1. The van der Waals surface area contributed by atoms with Gasteiger partial charge in [0.25, 0.3) is 5.91 Å². The molecule has 2 amide bonds. The Bertz CT molecular complexity index is 1480. The Morgan fingerprint density at radius 1 is 0.822 bits per heavy atom. The Morgan fingerprint density at radius 3 is 1.91 bits per heavy atom. The molecule has 3 aromatic rings. The molecule has 8 nitrogen and oxygen atoms in total. The smallest absolute Gasteiger partial charge is 0.481 e. The maximum atomic E-state index is 14.7. The molecule has 15 heteroatoms. The Hall–Kier alpha value is -4.82. The number of anilines is 1. The number of carboxylic acid groups (broad SMARTS) is 1. The second-order valence-electron chi connectivity index (χ2n) is 9.69. The van der Waals surface area contributed by atoms with E-state index in [-0.39, 0.29) is 24.1 Å². The van der Waals surface area contributed by atoms with Gasteiger partial charge in [-0.15, -0.1) is 26.3 Å². The zero-order chi connectivity index (χ0) is 33.4. The van der Waals surface area contributed by atoms with Crippen LogP contribution in [0.25, 0.3) is 0 Å². The SMILES string of the molecule is CCCC(c1ccc(C(=O)NCCC(=O)O)cc1)[C@H](C(=O)Nc1ccc(OC(F)(F)F)cc1F)c1ccc(OC(F)(F)F)cc1. The lowest BCUT2D eigenvalue weighted by Crippen LogP contribution is -2.28. The van der Waals surface area contributed by atoms with E-state index in [2.05, 4.69) is 20.1 Å². The second kappa shape index (κ2) is 14.8. The van der Waals surface area contributed by atoms with Gasteiger partial charge in [0.15, 0.2) is 0 Å². The average molecular weight is 645 g/mol. The van der Waals surface area contributed by atoms with Gasteiger partial charge in [-0.2, -0.15) is 0 Å². The molecule has 0 spiro atoms. The number of carbonyl (C=O) groups excluding carboxylic acids is 2. The number of halogens is 7. The summed E-state index contributed by atoms with van der Waals surface area (Å²) in [6.07, 6.45) is -9.48. The van der Waals surface area contributed by atoms with Crippen LogP contribution in [-0.2, 0) is 9.59 Å². The fourth-order valence-electron chi connectivity index (χ4n) is 4.55. The van der Waals surface area contributed by atoms with E-state index in [1.54, 1.807) is 12.1 Å². The highest BCUT2D eigenvalue weighted by atomic mass is 19.4. The topological polar surface area (TPSA) is 114 Å². The third kappa shape index (κ3) is 10.7. The minimum absolute atomic E-state index is 0.107. The second-order valence-corrected chi connectivity index (χ2v) is 9.69. The molecule has 3 N–H and O–H groups in total. The van der Waals surface area contributed by atoms with Crippen LogP contribution in [0.2, 0.25) is 0 Å². The summed E-state index contributed by atoms with van der Waals surface area (Å²) in [6.45, 7) is 1.70. The van der Waals surface area contributed by atoms with Crippen molar-refractivity contribution in [3.8, 4) is 11.5 Å². The van der Waals surface area contributed by atoms with Gasteiger partial charge in [-0.25, -0.2) is 4.39 Å². The van der Waals surface area contributed by atoms with Crippen molar-refractivity contribution in [2.24, 2.45) is 0 Å². The van der Waals surface area contributed by atoms with Crippen LogP contribution in [0.15, 0.2) is 66.7 Å². The average Bonchev–Trinajstić information content (AvgIpc) is 2.93. The first-order chi connectivity index (χ1) is 21.1. The molecule has 0 saturated heterocycles. The molecular formula is C30H27F7N2O6. The minimum Gasteiger partial charge on any atom is -0.481 e. The van der Waals surface area contributed by atoms with Crippen LogP contribution in [-0.4, -0.2) is 42.2 Å². The lowest BCUT2D eigenvalue weighted by Gasteiger charge is -2.28. The van der Waals surface area contributed by atoms with Crippen LogP contribution < -0.4 is 20.1 Å². The van der Waals surface area contributed by atoms with Gasteiger partial charge < -0.3 is 25.2 Å². The number of carboxylic acids is 1. The fraction of sp³-hybridized carbons (Fsp3) is 0.300. The van der Waals surface area contributed by atoms with E-state index in [4.69, 9.17) is 5.11 Å². The third-order valence-electron chi connectivity index (χ3n) is 6.41. The number of amides is 2. The number of nitrogens with one attached hydrogen (secondary N) is 2. The van der Waals surface area contributed by atoms with Crippen LogP contribution in [0.5, 0.6) is 11.5 Å². The number of alkyl halides is 6. The lowest BCUT2D eigenvalue weighted by molar-refractivity contribution is -0.275. The van der Waals surface area contributed by atoms with Gasteiger partial charge in [-0.1, -0.05) is 37.6 Å². The van der Waals surface area contributed by atoms with Crippen LogP contribution in [0.1, 0.15) is 59.5 Å². The Balaban J connectivity index is 1.97. The number of rotatable bonds is 13. The van der Waals surface area contributed by atoms with Gasteiger partial charge in [0.2, 0.25) is 5.91 Å². The molecule has 0 heterocycles. The quantitative estimate of drug-likeness (QED) is 0.171. The van der Waals surface area contributed by atoms with Crippen molar-refractivity contribution >= 4 is 23.5 Å². The van der Waals surface area contributed by atoms with Crippen molar-refractivity contribution in [3.05, 3.63) is 89.2 Å². The van der Waals surface area contributed by atoms with Gasteiger partial charge >= 0.3 is 18.7 Å². The molecule has 0 aliphatic carbocycles. The number of hydrogen-bond donors (Lipinski definition) is 3. The van der Waals surface area contributed by atoms with Crippen LogP contribution in [0.3, 0.4) is 0 Å². The van der Waals surface area contributed by atoms with Crippen molar-refractivity contribution < 1.29 is 59.7 Å². The maximum Gasteiger partial charge on any atom is 0.573 e.